The van der Waals surface area contributed by atoms with Crippen molar-refractivity contribution in [1.82, 2.24) is 4.98 Å². The number of rotatable bonds is 4. The maximum atomic E-state index is 8.64. The molecule has 0 saturated heterocycles. The molecule has 1 rings (SSSR count). The number of nitrogen functional groups attached to an aromatic ring is 1. The summed E-state index contributed by atoms with van der Waals surface area (Å²) in [5.41, 5.74) is 12.1. The van der Waals surface area contributed by atoms with Crippen LogP contribution in [-0.2, 0) is 6.42 Å². The van der Waals surface area contributed by atoms with E-state index in [1.807, 2.05) is 12.1 Å². The van der Waals surface area contributed by atoms with Crippen molar-refractivity contribution in [2.45, 2.75) is 18.9 Å². The molecule has 0 spiro atoms. The number of hydrogen-bond donors (Lipinski definition) is 3. The smallest absolute Gasteiger partial charge is 0.123 e. The Kier molecular flexibility index (Phi) is 3.67. The highest BCUT2D eigenvalue weighted by Gasteiger charge is 2.04. The lowest BCUT2D eigenvalue weighted by Gasteiger charge is -2.08. The summed E-state index contributed by atoms with van der Waals surface area (Å²) in [7, 11) is 0. The molecule has 0 aliphatic rings. The van der Waals surface area contributed by atoms with E-state index < -0.39 is 0 Å². The number of pyridine rings is 1. The molecule has 0 fully saturated rings. The van der Waals surface area contributed by atoms with Gasteiger partial charge >= 0.3 is 0 Å². The molecule has 0 radical (unpaired) electrons. The Bertz CT molecular complexity index is 265. The molecule has 4 heteroatoms. The normalized spacial score (nSPS) is 12.8. The first-order valence-electron chi connectivity index (χ1n) is 4.30. The summed E-state index contributed by atoms with van der Waals surface area (Å²) in [5.74, 6) is 0.508. The molecular weight excluding hydrogens is 166 g/mol. The van der Waals surface area contributed by atoms with Gasteiger partial charge in [-0.3, -0.25) is 0 Å². The summed E-state index contributed by atoms with van der Waals surface area (Å²) in [6, 6.07) is 5.43. The highest BCUT2D eigenvalue weighted by molar-refractivity contribution is 5.28. The predicted octanol–water partition coefficient (Wildman–Crippen LogP) is -0.0840. The maximum absolute atomic E-state index is 8.64. The minimum atomic E-state index is -0.0423. The van der Waals surface area contributed by atoms with Crippen LogP contribution in [0.5, 0.6) is 0 Å². The molecule has 1 aromatic heterocycles. The number of aliphatic hydroxyl groups excluding tert-OH is 1. The molecule has 0 unspecified atom stereocenters. The third-order valence-electron chi connectivity index (χ3n) is 1.80. The van der Waals surface area contributed by atoms with Crippen molar-refractivity contribution in [1.29, 1.82) is 0 Å². The Hall–Kier alpha value is -1.13. The van der Waals surface area contributed by atoms with Crippen LogP contribution in [0.25, 0.3) is 0 Å². The van der Waals surface area contributed by atoms with Gasteiger partial charge in [-0.2, -0.15) is 0 Å². The van der Waals surface area contributed by atoms with Crippen LogP contribution in [0.15, 0.2) is 18.2 Å². The van der Waals surface area contributed by atoms with Crippen LogP contribution in [0.3, 0.4) is 0 Å². The lowest BCUT2D eigenvalue weighted by atomic mass is 10.1. The lowest BCUT2D eigenvalue weighted by molar-refractivity contribution is 0.275. The molecule has 13 heavy (non-hydrogen) atoms. The molecule has 4 nitrogen and oxygen atoms in total. The van der Waals surface area contributed by atoms with Gasteiger partial charge in [0.15, 0.2) is 0 Å². The monoisotopic (exact) mass is 181 g/mol. The first-order valence-corrected chi connectivity index (χ1v) is 4.30. The van der Waals surface area contributed by atoms with Crippen LogP contribution >= 0.6 is 0 Å². The summed E-state index contributed by atoms with van der Waals surface area (Å²) >= 11 is 0. The number of nitrogens with zero attached hydrogens (tertiary/aromatic N) is 1. The second kappa shape index (κ2) is 4.79. The summed E-state index contributed by atoms with van der Waals surface area (Å²) in [5, 5.41) is 8.64. The first kappa shape index (κ1) is 9.95. The Morgan fingerprint density at radius 2 is 2.23 bits per heavy atom. The van der Waals surface area contributed by atoms with Crippen molar-refractivity contribution < 1.29 is 5.11 Å². The fraction of sp³-hybridized carbons (Fsp3) is 0.444. The molecule has 5 N–H and O–H groups in total. The van der Waals surface area contributed by atoms with Gasteiger partial charge in [-0.1, -0.05) is 6.07 Å². The molecule has 0 aliphatic carbocycles. The van der Waals surface area contributed by atoms with Gasteiger partial charge in [0.1, 0.15) is 5.82 Å². The zero-order valence-corrected chi connectivity index (χ0v) is 7.48. The first-order chi connectivity index (χ1) is 6.22. The highest BCUT2D eigenvalue weighted by Crippen LogP contribution is 2.04. The van der Waals surface area contributed by atoms with Gasteiger partial charge in [0.2, 0.25) is 0 Å². The van der Waals surface area contributed by atoms with E-state index in [0.717, 1.165) is 5.69 Å². The van der Waals surface area contributed by atoms with Gasteiger partial charge in [0.05, 0.1) is 0 Å². The molecule has 1 aromatic rings. The fourth-order valence-electron chi connectivity index (χ4n) is 1.15. The van der Waals surface area contributed by atoms with Crippen molar-refractivity contribution in [3.8, 4) is 0 Å². The van der Waals surface area contributed by atoms with Crippen molar-refractivity contribution in [2.75, 3.05) is 12.3 Å². The number of anilines is 1. The van der Waals surface area contributed by atoms with Gasteiger partial charge in [0, 0.05) is 24.8 Å². The van der Waals surface area contributed by atoms with E-state index >= 15 is 0 Å². The molecule has 1 atom stereocenters. The summed E-state index contributed by atoms with van der Waals surface area (Å²) in [6.45, 7) is 0.115. The van der Waals surface area contributed by atoms with Crippen LogP contribution in [-0.4, -0.2) is 22.7 Å². The van der Waals surface area contributed by atoms with Crippen LogP contribution in [0.1, 0.15) is 12.1 Å². The second-order valence-electron chi connectivity index (χ2n) is 3.03. The van der Waals surface area contributed by atoms with E-state index in [2.05, 4.69) is 4.98 Å². The zero-order chi connectivity index (χ0) is 9.68. The van der Waals surface area contributed by atoms with Gasteiger partial charge < -0.3 is 16.6 Å². The third kappa shape index (κ3) is 3.40. The molecule has 0 bridgehead atoms. The summed E-state index contributed by atoms with van der Waals surface area (Å²) in [6.07, 6.45) is 1.25. The van der Waals surface area contributed by atoms with Crippen molar-refractivity contribution in [3.63, 3.8) is 0 Å². The Morgan fingerprint density at radius 1 is 1.46 bits per heavy atom. The molecule has 0 saturated carbocycles. The standard InChI is InChI=1S/C9H15N3O/c10-7(4-5-13)6-8-2-1-3-9(11)12-8/h1-3,7,13H,4-6,10H2,(H2,11,12)/t7-/m0/s1. The van der Waals surface area contributed by atoms with E-state index in [-0.39, 0.29) is 12.6 Å². The fourth-order valence-corrected chi connectivity index (χ4v) is 1.15. The van der Waals surface area contributed by atoms with Gasteiger partial charge in [-0.25, -0.2) is 4.98 Å². The van der Waals surface area contributed by atoms with E-state index in [4.69, 9.17) is 16.6 Å². The minimum absolute atomic E-state index is 0.0423. The van der Waals surface area contributed by atoms with Gasteiger partial charge in [0.25, 0.3) is 0 Å². The quantitative estimate of drug-likeness (QED) is 0.606. The van der Waals surface area contributed by atoms with Crippen LogP contribution in [0, 0.1) is 0 Å². The minimum Gasteiger partial charge on any atom is -0.396 e. The SMILES string of the molecule is Nc1cccc(C[C@@H](N)CCO)n1. The van der Waals surface area contributed by atoms with Crippen LogP contribution < -0.4 is 11.5 Å². The Balaban J connectivity index is 2.53. The molecule has 0 amide bonds. The van der Waals surface area contributed by atoms with Crippen molar-refractivity contribution in [2.24, 2.45) is 5.73 Å². The maximum Gasteiger partial charge on any atom is 0.123 e. The third-order valence-corrected chi connectivity index (χ3v) is 1.80. The molecule has 0 aromatic carbocycles. The topological polar surface area (TPSA) is 85.2 Å². The molecule has 72 valence electrons. The van der Waals surface area contributed by atoms with Crippen LogP contribution in [0.2, 0.25) is 0 Å². The lowest BCUT2D eigenvalue weighted by Crippen LogP contribution is -2.24. The summed E-state index contributed by atoms with van der Waals surface area (Å²) < 4.78 is 0. The van der Waals surface area contributed by atoms with E-state index in [1.165, 1.54) is 0 Å². The number of aliphatic hydroxyl groups is 1. The van der Waals surface area contributed by atoms with Gasteiger partial charge in [-0.15, -0.1) is 0 Å². The van der Waals surface area contributed by atoms with Crippen molar-refractivity contribution in [3.05, 3.63) is 23.9 Å². The average Bonchev–Trinajstić information content (AvgIpc) is 2.04. The van der Waals surface area contributed by atoms with E-state index in [1.54, 1.807) is 6.07 Å². The Labute approximate surface area is 77.6 Å². The van der Waals surface area contributed by atoms with Crippen molar-refractivity contribution >= 4 is 5.82 Å². The predicted molar refractivity (Wildman–Crippen MR) is 52.0 cm³/mol. The number of aromatic nitrogens is 1. The van der Waals surface area contributed by atoms with Gasteiger partial charge in [-0.05, 0) is 18.6 Å². The number of nitrogens with two attached hydrogens (primary N) is 2. The molecular formula is C9H15N3O. The molecule has 1 heterocycles. The second-order valence-corrected chi connectivity index (χ2v) is 3.03. The molecule has 0 aliphatic heterocycles. The summed E-state index contributed by atoms with van der Waals surface area (Å²) in [4.78, 5) is 4.11. The largest absolute Gasteiger partial charge is 0.396 e. The Morgan fingerprint density at radius 3 is 2.85 bits per heavy atom. The van der Waals surface area contributed by atoms with E-state index in [0.29, 0.717) is 18.7 Å². The van der Waals surface area contributed by atoms with Crippen LogP contribution in [0.4, 0.5) is 5.82 Å². The average molecular weight is 181 g/mol. The van der Waals surface area contributed by atoms with E-state index in [9.17, 15) is 0 Å². The number of hydrogen-bond acceptors (Lipinski definition) is 4. The highest BCUT2D eigenvalue weighted by atomic mass is 16.3. The zero-order valence-electron chi connectivity index (χ0n) is 7.48.